The predicted octanol–water partition coefficient (Wildman–Crippen LogP) is 4.55. The van der Waals surface area contributed by atoms with Gasteiger partial charge in [-0.1, -0.05) is 44.5 Å². The van der Waals surface area contributed by atoms with Crippen molar-refractivity contribution in [2.24, 2.45) is 5.92 Å². The van der Waals surface area contributed by atoms with Crippen LogP contribution < -0.4 is 5.43 Å². The second kappa shape index (κ2) is 11.2. The summed E-state index contributed by atoms with van der Waals surface area (Å²) in [5, 5.41) is 1.59. The number of nitrogens with zero attached hydrogens (tertiary/aromatic N) is 1. The maximum Gasteiger partial charge on any atom is 0.312 e. The highest BCUT2D eigenvalue weighted by Gasteiger charge is 2.38. The third-order valence-electron chi connectivity index (χ3n) is 5.76. The number of rotatable bonds is 8. The summed E-state index contributed by atoms with van der Waals surface area (Å²) < 4.78 is 5.46. The van der Waals surface area contributed by atoms with Gasteiger partial charge >= 0.3 is 5.97 Å². The van der Waals surface area contributed by atoms with Crippen molar-refractivity contribution in [3.8, 4) is 0 Å². The highest BCUT2D eigenvalue weighted by Crippen LogP contribution is 2.23. The topological polar surface area (TPSA) is 92.8 Å². The zero-order valence-corrected chi connectivity index (χ0v) is 21.4. The van der Waals surface area contributed by atoms with Gasteiger partial charge in [0, 0.05) is 34.9 Å². The van der Waals surface area contributed by atoms with Crippen LogP contribution in [0.25, 0.3) is 0 Å². The Hall–Kier alpha value is -2.90. The Bertz CT molecular complexity index is 1090. The average Bonchev–Trinajstić information content (AvgIpc) is 3.18. The van der Waals surface area contributed by atoms with E-state index in [-0.39, 0.29) is 30.7 Å². The number of ketones is 1. The monoisotopic (exact) mass is 518 g/mol. The van der Waals surface area contributed by atoms with Gasteiger partial charge in [-0.2, -0.15) is 0 Å². The first kappa shape index (κ1) is 26.7. The lowest BCUT2D eigenvalue weighted by Gasteiger charge is -2.21. The van der Waals surface area contributed by atoms with Gasteiger partial charge in [-0.3, -0.25) is 29.6 Å². The first-order valence-corrected chi connectivity index (χ1v) is 12.2. The molecule has 1 heterocycles. The van der Waals surface area contributed by atoms with Crippen molar-refractivity contribution in [3.63, 3.8) is 0 Å². The molecule has 0 radical (unpaired) electrons. The molecule has 2 aromatic rings. The molecule has 7 nitrogen and oxygen atoms in total. The van der Waals surface area contributed by atoms with Crippen molar-refractivity contribution < 1.29 is 23.9 Å². The molecule has 0 saturated carbocycles. The number of Topliss-reactive ketones (excluding diaryl/α,β-unsaturated/α-hetero) is 1. The maximum absolute atomic E-state index is 12.8. The van der Waals surface area contributed by atoms with Crippen LogP contribution in [0.2, 0.25) is 5.02 Å². The number of alkyl halides is 1. The minimum atomic E-state index is -1.08. The van der Waals surface area contributed by atoms with Crippen LogP contribution >= 0.6 is 23.2 Å². The number of benzene rings is 2. The minimum Gasteiger partial charge on any atom is -0.454 e. The summed E-state index contributed by atoms with van der Waals surface area (Å²) in [6.45, 7) is 6.17. The number of carbonyl (C=O) groups is 4. The number of hydrogen-bond donors (Lipinski definition) is 1. The van der Waals surface area contributed by atoms with E-state index in [1.165, 1.54) is 0 Å². The molecule has 0 unspecified atom stereocenters. The molecule has 9 heteroatoms. The van der Waals surface area contributed by atoms with Crippen LogP contribution in [0.5, 0.6) is 0 Å². The number of hydrazine groups is 1. The Labute approximate surface area is 214 Å². The molecule has 0 bridgehead atoms. The van der Waals surface area contributed by atoms with Gasteiger partial charge in [0.05, 0.1) is 12.5 Å². The van der Waals surface area contributed by atoms with Gasteiger partial charge in [-0.15, -0.1) is 11.6 Å². The van der Waals surface area contributed by atoms with E-state index >= 15 is 0 Å². The van der Waals surface area contributed by atoms with E-state index in [0.29, 0.717) is 16.1 Å². The lowest BCUT2D eigenvalue weighted by Crippen LogP contribution is -2.43. The van der Waals surface area contributed by atoms with Crippen LogP contribution in [-0.4, -0.2) is 47.1 Å². The summed E-state index contributed by atoms with van der Waals surface area (Å²) in [5.41, 5.74) is 4.32. The number of carbonyl (C=O) groups excluding carboxylic acids is 4. The normalized spacial score (nSPS) is 16.7. The first-order valence-electron chi connectivity index (χ1n) is 11.3. The number of halogens is 2. The van der Waals surface area contributed by atoms with E-state index in [0.717, 1.165) is 10.6 Å². The molecule has 0 aliphatic carbocycles. The fourth-order valence-corrected chi connectivity index (χ4v) is 3.99. The van der Waals surface area contributed by atoms with E-state index < -0.39 is 35.6 Å². The number of amides is 2. The predicted molar refractivity (Wildman–Crippen MR) is 133 cm³/mol. The van der Waals surface area contributed by atoms with Gasteiger partial charge in [0.25, 0.3) is 5.91 Å². The molecular formula is C26H28Cl2N2O5. The number of ether oxygens (including phenoxy) is 1. The third-order valence-corrected chi connectivity index (χ3v) is 6.23. The molecule has 1 fully saturated rings. The summed E-state index contributed by atoms with van der Waals surface area (Å²) in [7, 11) is 0. The Morgan fingerprint density at radius 3 is 2.23 bits per heavy atom. The Balaban J connectivity index is 1.61. The van der Waals surface area contributed by atoms with Crippen molar-refractivity contribution in [1.29, 1.82) is 0 Å². The fourth-order valence-electron chi connectivity index (χ4n) is 3.66. The molecule has 2 amide bonds. The molecule has 0 aromatic heterocycles. The quantitative estimate of drug-likeness (QED) is 0.314. The average molecular weight is 519 g/mol. The first-order chi connectivity index (χ1) is 16.5. The Kier molecular flexibility index (Phi) is 8.56. The third kappa shape index (κ3) is 6.83. The number of esters is 1. The van der Waals surface area contributed by atoms with Crippen LogP contribution in [0.1, 0.15) is 59.9 Å². The van der Waals surface area contributed by atoms with Crippen LogP contribution in [0.4, 0.5) is 0 Å². The highest BCUT2D eigenvalue weighted by atomic mass is 35.5. The largest absolute Gasteiger partial charge is 0.454 e. The fraction of sp³-hybridized carbons (Fsp3) is 0.385. The molecule has 1 aliphatic heterocycles. The van der Waals surface area contributed by atoms with Crippen molar-refractivity contribution in [2.45, 2.75) is 45.1 Å². The van der Waals surface area contributed by atoms with E-state index in [4.69, 9.17) is 27.9 Å². The second-order valence-corrected chi connectivity index (χ2v) is 10.3. The standard InChI is InChI=1S/C26H28Cl2N2O5/c1-26(2,3)19-8-4-17(5-9-19)24(33)29-30-15-18(14-22(30)31)25(34)35-21(12-13-27)23(32)16-6-10-20(28)11-7-16/h4-11,18,21H,12-15H2,1-3H3,(H,29,33)/t18-,21+/m1/s1. The smallest absolute Gasteiger partial charge is 0.312 e. The highest BCUT2D eigenvalue weighted by molar-refractivity contribution is 6.30. The molecule has 2 aromatic carbocycles. The van der Waals surface area contributed by atoms with Gasteiger partial charge in [-0.25, -0.2) is 0 Å². The SMILES string of the molecule is CC(C)(C)c1ccc(C(=O)NN2C[C@H](C(=O)O[C@@H](CCCl)C(=O)c3ccc(Cl)cc3)CC2=O)cc1. The summed E-state index contributed by atoms with van der Waals surface area (Å²) in [6.07, 6.45) is -1.09. The van der Waals surface area contributed by atoms with Crippen molar-refractivity contribution in [3.05, 3.63) is 70.2 Å². The van der Waals surface area contributed by atoms with Crippen LogP contribution in [0.3, 0.4) is 0 Å². The summed E-state index contributed by atoms with van der Waals surface area (Å²) in [6, 6.07) is 13.4. The van der Waals surface area contributed by atoms with Crippen molar-refractivity contribution in [1.82, 2.24) is 10.4 Å². The number of hydrogen-bond acceptors (Lipinski definition) is 5. The van der Waals surface area contributed by atoms with Crippen LogP contribution in [0.15, 0.2) is 48.5 Å². The zero-order chi connectivity index (χ0) is 25.8. The lowest BCUT2D eigenvalue weighted by molar-refractivity contribution is -0.151. The van der Waals surface area contributed by atoms with E-state index in [1.807, 2.05) is 12.1 Å². The van der Waals surface area contributed by atoms with Crippen LogP contribution in [-0.2, 0) is 19.7 Å². The molecular weight excluding hydrogens is 491 g/mol. The Morgan fingerprint density at radius 1 is 1.06 bits per heavy atom. The van der Waals surface area contributed by atoms with Gasteiger partial charge in [-0.05, 0) is 47.4 Å². The molecule has 3 rings (SSSR count). The summed E-state index contributed by atoms with van der Waals surface area (Å²) in [5.74, 6) is -2.67. The zero-order valence-electron chi connectivity index (χ0n) is 19.8. The van der Waals surface area contributed by atoms with Crippen molar-refractivity contribution in [2.75, 3.05) is 12.4 Å². The minimum absolute atomic E-state index is 0.0494. The maximum atomic E-state index is 12.8. The summed E-state index contributed by atoms with van der Waals surface area (Å²) in [4.78, 5) is 50.6. The van der Waals surface area contributed by atoms with Crippen LogP contribution in [0, 0.1) is 5.92 Å². The molecule has 1 saturated heterocycles. The lowest BCUT2D eigenvalue weighted by atomic mass is 9.87. The van der Waals surface area contributed by atoms with Gasteiger partial charge < -0.3 is 4.74 Å². The van der Waals surface area contributed by atoms with Gasteiger partial charge in [0.2, 0.25) is 11.7 Å². The van der Waals surface area contributed by atoms with Crippen molar-refractivity contribution >= 4 is 46.8 Å². The molecule has 186 valence electrons. The van der Waals surface area contributed by atoms with E-state index in [1.54, 1.807) is 36.4 Å². The van der Waals surface area contributed by atoms with E-state index in [2.05, 4.69) is 26.2 Å². The van der Waals surface area contributed by atoms with E-state index in [9.17, 15) is 19.2 Å². The number of nitrogens with one attached hydrogen (secondary N) is 1. The Morgan fingerprint density at radius 2 is 1.66 bits per heavy atom. The summed E-state index contributed by atoms with van der Waals surface area (Å²) >= 11 is 11.7. The molecule has 1 aliphatic rings. The molecule has 1 N–H and O–H groups in total. The second-order valence-electron chi connectivity index (χ2n) is 9.45. The molecule has 35 heavy (non-hydrogen) atoms. The van der Waals surface area contributed by atoms with Gasteiger partial charge in [0.15, 0.2) is 6.10 Å². The molecule has 0 spiro atoms. The molecule has 2 atom stereocenters. The van der Waals surface area contributed by atoms with Gasteiger partial charge in [0.1, 0.15) is 0 Å².